The molecular weight excluding hydrogens is 228 g/mol. The predicted octanol–water partition coefficient (Wildman–Crippen LogP) is 3.49. The fourth-order valence-electron chi connectivity index (χ4n) is 1.72. The van der Waals surface area contributed by atoms with Crippen molar-refractivity contribution >= 4 is 5.78 Å². The summed E-state index contributed by atoms with van der Waals surface area (Å²) < 4.78 is 5.11. The Morgan fingerprint density at radius 2 is 2.11 bits per heavy atom. The number of rotatable bonds is 5. The highest BCUT2D eigenvalue weighted by Crippen LogP contribution is 2.35. The number of phenols is 1. The van der Waals surface area contributed by atoms with Crippen molar-refractivity contribution in [3.8, 4) is 11.5 Å². The number of methoxy groups -OCH3 is 1. The summed E-state index contributed by atoms with van der Waals surface area (Å²) in [7, 11) is 1.47. The molecule has 0 bridgehead atoms. The molecule has 97 valence electrons. The lowest BCUT2D eigenvalue weighted by Gasteiger charge is -2.16. The van der Waals surface area contributed by atoms with Gasteiger partial charge in [0.1, 0.15) is 11.5 Å². The van der Waals surface area contributed by atoms with Crippen molar-refractivity contribution in [2.75, 3.05) is 7.11 Å². The van der Waals surface area contributed by atoms with E-state index in [4.69, 9.17) is 4.74 Å². The molecular formula is C15H19O3. The molecule has 1 radical (unpaired) electrons. The van der Waals surface area contributed by atoms with Crippen LogP contribution in [0.2, 0.25) is 0 Å². The number of allylic oxidation sites excluding steroid dienone is 1. The maximum atomic E-state index is 11.8. The van der Waals surface area contributed by atoms with E-state index in [-0.39, 0.29) is 23.9 Å². The van der Waals surface area contributed by atoms with Crippen molar-refractivity contribution in [2.24, 2.45) is 0 Å². The van der Waals surface area contributed by atoms with Gasteiger partial charge < -0.3 is 9.84 Å². The largest absolute Gasteiger partial charge is 0.508 e. The number of ketones is 1. The highest BCUT2D eigenvalue weighted by Gasteiger charge is 2.18. The molecule has 0 fully saturated rings. The van der Waals surface area contributed by atoms with Crippen LogP contribution in [0.5, 0.6) is 11.5 Å². The standard InChI is InChI=1S/C15H19O3/c1-6-13(16)12-7-11(10(4)9(2)3)14(17)8-15(12)18-5/h7-8,10,17H,1-2,6H2,3-5H3/t10-/m0/s1. The maximum Gasteiger partial charge on any atom is 0.166 e. The van der Waals surface area contributed by atoms with Crippen LogP contribution < -0.4 is 4.74 Å². The SMILES string of the molecule is [CH2]CC(=O)c1cc([C@@H](C)C(=C)C)c(O)cc1OC. The first-order valence-corrected chi connectivity index (χ1v) is 5.81. The third-order valence-electron chi connectivity index (χ3n) is 3.08. The van der Waals surface area contributed by atoms with Gasteiger partial charge in [-0.05, 0) is 19.9 Å². The summed E-state index contributed by atoms with van der Waals surface area (Å²) in [6.45, 7) is 11.3. The van der Waals surface area contributed by atoms with E-state index in [9.17, 15) is 9.90 Å². The first kappa shape index (κ1) is 14.3. The van der Waals surface area contributed by atoms with Crippen LogP contribution >= 0.6 is 0 Å². The maximum absolute atomic E-state index is 11.8. The molecule has 0 unspecified atom stereocenters. The zero-order valence-corrected chi connectivity index (χ0v) is 11.1. The lowest BCUT2D eigenvalue weighted by Crippen LogP contribution is -2.04. The number of benzene rings is 1. The van der Waals surface area contributed by atoms with Gasteiger partial charge in [-0.15, -0.1) is 0 Å². The van der Waals surface area contributed by atoms with Crippen LogP contribution in [0.3, 0.4) is 0 Å². The molecule has 3 nitrogen and oxygen atoms in total. The second-order valence-corrected chi connectivity index (χ2v) is 4.35. The smallest absolute Gasteiger partial charge is 0.166 e. The number of ether oxygens (including phenoxy) is 1. The highest BCUT2D eigenvalue weighted by atomic mass is 16.5. The van der Waals surface area contributed by atoms with Crippen molar-refractivity contribution in [1.29, 1.82) is 0 Å². The van der Waals surface area contributed by atoms with Crippen molar-refractivity contribution in [3.63, 3.8) is 0 Å². The number of phenolic OH excluding ortho intramolecular Hbond substituents is 1. The summed E-state index contributed by atoms with van der Waals surface area (Å²) in [5, 5.41) is 9.97. The van der Waals surface area contributed by atoms with Crippen LogP contribution in [-0.4, -0.2) is 18.0 Å². The number of hydrogen-bond donors (Lipinski definition) is 1. The summed E-state index contributed by atoms with van der Waals surface area (Å²) in [6, 6.07) is 3.14. The fourth-order valence-corrected chi connectivity index (χ4v) is 1.72. The van der Waals surface area contributed by atoms with E-state index >= 15 is 0 Å². The summed E-state index contributed by atoms with van der Waals surface area (Å²) in [4.78, 5) is 11.8. The minimum atomic E-state index is -0.109. The Bertz CT molecular complexity index is 475. The van der Waals surface area contributed by atoms with Crippen molar-refractivity contribution in [3.05, 3.63) is 42.3 Å². The molecule has 0 amide bonds. The molecule has 0 saturated carbocycles. The molecule has 3 heteroatoms. The topological polar surface area (TPSA) is 46.5 Å². The number of carbonyl (C=O) groups excluding carboxylic acids is 1. The van der Waals surface area contributed by atoms with Gasteiger partial charge in [0.25, 0.3) is 0 Å². The van der Waals surface area contributed by atoms with E-state index in [0.29, 0.717) is 16.9 Å². The predicted molar refractivity (Wildman–Crippen MR) is 72.2 cm³/mol. The molecule has 18 heavy (non-hydrogen) atoms. The third-order valence-corrected chi connectivity index (χ3v) is 3.08. The van der Waals surface area contributed by atoms with Crippen LogP contribution in [-0.2, 0) is 0 Å². The number of hydrogen-bond acceptors (Lipinski definition) is 3. The zero-order valence-electron chi connectivity index (χ0n) is 11.1. The molecule has 0 heterocycles. The van der Waals surface area contributed by atoms with Gasteiger partial charge in [-0.1, -0.05) is 19.1 Å². The van der Waals surface area contributed by atoms with Crippen LogP contribution in [0.4, 0.5) is 0 Å². The number of aromatic hydroxyl groups is 1. The summed E-state index contributed by atoms with van der Waals surface area (Å²) in [5.41, 5.74) is 2.05. The van der Waals surface area contributed by atoms with Gasteiger partial charge in [0.2, 0.25) is 0 Å². The minimum Gasteiger partial charge on any atom is -0.508 e. The molecule has 1 aromatic carbocycles. The van der Waals surface area contributed by atoms with Crippen molar-refractivity contribution in [1.82, 2.24) is 0 Å². The highest BCUT2D eigenvalue weighted by molar-refractivity contribution is 5.99. The van der Waals surface area contributed by atoms with E-state index in [1.807, 2.05) is 13.8 Å². The first-order valence-electron chi connectivity index (χ1n) is 5.81. The Balaban J connectivity index is 3.38. The second kappa shape index (κ2) is 5.71. The second-order valence-electron chi connectivity index (χ2n) is 4.35. The van der Waals surface area contributed by atoms with Crippen LogP contribution in [0.15, 0.2) is 24.3 Å². The quantitative estimate of drug-likeness (QED) is 0.640. The van der Waals surface area contributed by atoms with Gasteiger partial charge >= 0.3 is 0 Å². The molecule has 0 aliphatic rings. The van der Waals surface area contributed by atoms with Crippen LogP contribution in [0.25, 0.3) is 0 Å². The summed E-state index contributed by atoms with van der Waals surface area (Å²) in [5.74, 6) is 0.357. The Kier molecular flexibility index (Phi) is 4.54. The van der Waals surface area contributed by atoms with Gasteiger partial charge in [0, 0.05) is 24.0 Å². The molecule has 1 aromatic rings. The van der Waals surface area contributed by atoms with Crippen LogP contribution in [0, 0.1) is 6.92 Å². The van der Waals surface area contributed by atoms with Gasteiger partial charge in [-0.2, -0.15) is 0 Å². The van der Waals surface area contributed by atoms with Gasteiger partial charge in [-0.25, -0.2) is 0 Å². The average Bonchev–Trinajstić information content (AvgIpc) is 2.36. The summed E-state index contributed by atoms with van der Waals surface area (Å²) in [6.07, 6.45) is 0.155. The molecule has 0 spiro atoms. The van der Waals surface area contributed by atoms with E-state index in [2.05, 4.69) is 13.5 Å². The normalized spacial score (nSPS) is 12.0. The third kappa shape index (κ3) is 2.73. The molecule has 1 rings (SSSR count). The molecule has 0 aliphatic carbocycles. The van der Waals surface area contributed by atoms with Crippen LogP contribution in [0.1, 0.15) is 42.1 Å². The number of carbonyl (C=O) groups is 1. The molecule has 1 atom stereocenters. The zero-order chi connectivity index (χ0) is 13.9. The molecule has 0 saturated heterocycles. The summed E-state index contributed by atoms with van der Waals surface area (Å²) >= 11 is 0. The van der Waals surface area contributed by atoms with Gasteiger partial charge in [0.15, 0.2) is 5.78 Å². The first-order chi connectivity index (χ1) is 8.42. The van der Waals surface area contributed by atoms with Gasteiger partial charge in [-0.3, -0.25) is 4.79 Å². The average molecular weight is 247 g/mol. The molecule has 0 aliphatic heterocycles. The monoisotopic (exact) mass is 247 g/mol. The Hall–Kier alpha value is -1.77. The number of Topliss-reactive ketones (excluding diaryl/α,β-unsaturated/α-hetero) is 1. The Morgan fingerprint density at radius 3 is 2.56 bits per heavy atom. The van der Waals surface area contributed by atoms with Crippen molar-refractivity contribution in [2.45, 2.75) is 26.2 Å². The van der Waals surface area contributed by atoms with E-state index in [1.54, 1.807) is 6.07 Å². The van der Waals surface area contributed by atoms with Crippen molar-refractivity contribution < 1.29 is 14.6 Å². The molecule has 0 aromatic heterocycles. The molecule has 1 N–H and O–H groups in total. The lowest BCUT2D eigenvalue weighted by atomic mass is 9.91. The Morgan fingerprint density at radius 1 is 1.50 bits per heavy atom. The van der Waals surface area contributed by atoms with E-state index < -0.39 is 0 Å². The fraction of sp³-hybridized carbons (Fsp3) is 0.333. The van der Waals surface area contributed by atoms with E-state index in [0.717, 1.165) is 5.57 Å². The van der Waals surface area contributed by atoms with Gasteiger partial charge in [0.05, 0.1) is 12.7 Å². The van der Waals surface area contributed by atoms with E-state index in [1.165, 1.54) is 13.2 Å². The Labute approximate surface area is 108 Å². The minimum absolute atomic E-state index is 0.0210. The lowest BCUT2D eigenvalue weighted by molar-refractivity contribution is 0.0992.